The minimum Gasteiger partial charge on any atom is -0.415 e. The van der Waals surface area contributed by atoms with Gasteiger partial charge in [0.05, 0.1) is 24.0 Å². The molecule has 0 spiro atoms. The van der Waals surface area contributed by atoms with E-state index in [0.29, 0.717) is 18.0 Å². The molecule has 0 radical (unpaired) electrons. The van der Waals surface area contributed by atoms with Crippen LogP contribution in [0.25, 0.3) is 22.7 Å². The summed E-state index contributed by atoms with van der Waals surface area (Å²) < 4.78 is 31.9. The Bertz CT molecular complexity index is 1180. The second-order valence-electron chi connectivity index (χ2n) is 7.74. The van der Waals surface area contributed by atoms with Gasteiger partial charge in [0.2, 0.25) is 5.89 Å². The number of piperidine rings is 1. The van der Waals surface area contributed by atoms with Gasteiger partial charge in [-0.15, -0.1) is 15.3 Å². The minimum atomic E-state index is -2.80. The lowest BCUT2D eigenvalue weighted by atomic mass is 9.89. The van der Waals surface area contributed by atoms with Gasteiger partial charge < -0.3 is 9.73 Å². The monoisotopic (exact) mass is 437 g/mol. The molecule has 32 heavy (non-hydrogen) atoms. The molecule has 5 rings (SSSR count). The Morgan fingerprint density at radius 1 is 1.06 bits per heavy atom. The van der Waals surface area contributed by atoms with Crippen LogP contribution in [-0.4, -0.2) is 43.3 Å². The molecular formula is C22H21F2N7O. The van der Waals surface area contributed by atoms with E-state index in [1.807, 2.05) is 12.3 Å². The molecule has 1 aliphatic heterocycles. The average molecular weight is 437 g/mol. The summed E-state index contributed by atoms with van der Waals surface area (Å²) in [5.74, 6) is -0.121. The van der Waals surface area contributed by atoms with E-state index in [4.69, 9.17) is 4.42 Å². The van der Waals surface area contributed by atoms with Gasteiger partial charge >= 0.3 is 6.43 Å². The van der Waals surface area contributed by atoms with Gasteiger partial charge in [-0.25, -0.2) is 4.68 Å². The SMILES string of the molecule is FC(F)c1nnc(-c2ccc(Cn3cc(-c4cccc(C5CCNCC5)c4)nn3)nc2)o1. The summed E-state index contributed by atoms with van der Waals surface area (Å²) in [6.45, 7) is 2.53. The van der Waals surface area contributed by atoms with Crippen molar-refractivity contribution in [3.8, 4) is 22.7 Å². The Morgan fingerprint density at radius 2 is 1.94 bits per heavy atom. The fourth-order valence-electron chi connectivity index (χ4n) is 3.87. The third-order valence-corrected chi connectivity index (χ3v) is 5.55. The molecule has 8 nitrogen and oxygen atoms in total. The van der Waals surface area contributed by atoms with Crippen molar-refractivity contribution in [3.05, 3.63) is 65.9 Å². The summed E-state index contributed by atoms with van der Waals surface area (Å²) in [4.78, 5) is 4.35. The Kier molecular flexibility index (Phi) is 5.68. The maximum absolute atomic E-state index is 12.6. The highest BCUT2D eigenvalue weighted by Crippen LogP contribution is 2.28. The summed E-state index contributed by atoms with van der Waals surface area (Å²) in [5, 5.41) is 18.9. The molecule has 10 heteroatoms. The lowest BCUT2D eigenvalue weighted by Crippen LogP contribution is -2.26. The maximum atomic E-state index is 12.6. The van der Waals surface area contributed by atoms with Gasteiger partial charge in [-0.1, -0.05) is 23.4 Å². The quantitative estimate of drug-likeness (QED) is 0.490. The van der Waals surface area contributed by atoms with Crippen molar-refractivity contribution < 1.29 is 13.2 Å². The molecule has 1 aliphatic rings. The number of halogens is 2. The van der Waals surface area contributed by atoms with E-state index in [9.17, 15) is 8.78 Å². The molecule has 0 amide bonds. The molecule has 4 aromatic rings. The maximum Gasteiger partial charge on any atom is 0.314 e. The second-order valence-corrected chi connectivity index (χ2v) is 7.74. The van der Waals surface area contributed by atoms with E-state index < -0.39 is 12.3 Å². The third kappa shape index (κ3) is 4.40. The normalized spacial score (nSPS) is 14.8. The molecular weight excluding hydrogens is 416 g/mol. The summed E-state index contributed by atoms with van der Waals surface area (Å²) in [7, 11) is 0. The lowest BCUT2D eigenvalue weighted by molar-refractivity contribution is 0.116. The highest BCUT2D eigenvalue weighted by Gasteiger charge is 2.18. The molecule has 1 saturated heterocycles. The molecule has 0 bridgehead atoms. The Morgan fingerprint density at radius 3 is 2.69 bits per heavy atom. The molecule has 0 atom stereocenters. The first kappa shape index (κ1) is 20.4. The first-order valence-electron chi connectivity index (χ1n) is 10.4. The van der Waals surface area contributed by atoms with Gasteiger partial charge in [0.15, 0.2) is 0 Å². The molecule has 1 aromatic carbocycles. The van der Waals surface area contributed by atoms with Gasteiger partial charge in [0, 0.05) is 11.8 Å². The zero-order chi connectivity index (χ0) is 21.9. The van der Waals surface area contributed by atoms with Gasteiger partial charge in [0.25, 0.3) is 5.89 Å². The molecule has 164 valence electrons. The third-order valence-electron chi connectivity index (χ3n) is 5.55. The Labute approximate surface area is 182 Å². The summed E-state index contributed by atoms with van der Waals surface area (Å²) >= 11 is 0. The number of benzene rings is 1. The molecule has 4 heterocycles. The molecule has 1 N–H and O–H groups in total. The number of hydrogen-bond donors (Lipinski definition) is 1. The zero-order valence-corrected chi connectivity index (χ0v) is 17.2. The van der Waals surface area contributed by atoms with Gasteiger partial charge in [-0.2, -0.15) is 8.78 Å². The second kappa shape index (κ2) is 8.91. The zero-order valence-electron chi connectivity index (χ0n) is 17.2. The molecule has 0 saturated carbocycles. The van der Waals surface area contributed by atoms with Crippen molar-refractivity contribution in [2.45, 2.75) is 31.7 Å². The van der Waals surface area contributed by atoms with Gasteiger partial charge in [0.1, 0.15) is 5.69 Å². The van der Waals surface area contributed by atoms with Crippen LogP contribution in [0.4, 0.5) is 8.78 Å². The predicted octanol–water partition coefficient (Wildman–Crippen LogP) is 3.84. The number of nitrogens with zero attached hydrogens (tertiary/aromatic N) is 6. The molecule has 1 fully saturated rings. The van der Waals surface area contributed by atoms with Crippen molar-refractivity contribution in [1.82, 2.24) is 35.5 Å². The first-order chi connectivity index (χ1) is 15.7. The average Bonchev–Trinajstić information content (AvgIpc) is 3.51. The van der Waals surface area contributed by atoms with Crippen LogP contribution in [0, 0.1) is 0 Å². The minimum absolute atomic E-state index is 0.0102. The highest BCUT2D eigenvalue weighted by molar-refractivity contribution is 5.59. The van der Waals surface area contributed by atoms with Crippen molar-refractivity contribution in [2.75, 3.05) is 13.1 Å². The first-order valence-corrected chi connectivity index (χ1v) is 10.4. The van der Waals surface area contributed by atoms with E-state index in [-0.39, 0.29) is 5.89 Å². The van der Waals surface area contributed by atoms with E-state index in [1.165, 1.54) is 11.8 Å². The fraction of sp³-hybridized carbons (Fsp3) is 0.318. The van der Waals surface area contributed by atoms with Crippen molar-refractivity contribution in [2.24, 2.45) is 0 Å². The van der Waals surface area contributed by atoms with Gasteiger partial charge in [-0.3, -0.25) is 4.98 Å². The van der Waals surface area contributed by atoms with E-state index in [0.717, 1.165) is 42.9 Å². The number of alkyl halides is 2. The van der Waals surface area contributed by atoms with Crippen LogP contribution in [0.1, 0.15) is 42.3 Å². The van der Waals surface area contributed by atoms with Crippen molar-refractivity contribution in [1.29, 1.82) is 0 Å². The van der Waals surface area contributed by atoms with Crippen molar-refractivity contribution in [3.63, 3.8) is 0 Å². The van der Waals surface area contributed by atoms with Gasteiger partial charge in [-0.05, 0) is 55.6 Å². The fourth-order valence-corrected chi connectivity index (χ4v) is 3.87. The van der Waals surface area contributed by atoms with E-state index >= 15 is 0 Å². The number of aromatic nitrogens is 6. The summed E-state index contributed by atoms with van der Waals surface area (Å²) in [6.07, 6.45) is 2.89. The van der Waals surface area contributed by atoms with Crippen LogP contribution in [0.15, 0.2) is 53.2 Å². The number of hydrogen-bond acceptors (Lipinski definition) is 7. The molecule has 0 unspecified atom stereocenters. The summed E-state index contributed by atoms with van der Waals surface area (Å²) in [5.41, 5.74) is 4.40. The Balaban J connectivity index is 1.28. The van der Waals surface area contributed by atoms with E-state index in [1.54, 1.807) is 16.8 Å². The smallest absolute Gasteiger partial charge is 0.314 e. The van der Waals surface area contributed by atoms with Crippen LogP contribution in [0.2, 0.25) is 0 Å². The van der Waals surface area contributed by atoms with E-state index in [2.05, 4.69) is 49.0 Å². The van der Waals surface area contributed by atoms with Crippen LogP contribution in [-0.2, 0) is 6.54 Å². The number of pyridine rings is 1. The summed E-state index contributed by atoms with van der Waals surface area (Å²) in [6, 6.07) is 12.0. The molecule has 3 aromatic heterocycles. The van der Waals surface area contributed by atoms with Crippen LogP contribution in [0.3, 0.4) is 0 Å². The van der Waals surface area contributed by atoms with Crippen molar-refractivity contribution >= 4 is 0 Å². The van der Waals surface area contributed by atoms with Crippen LogP contribution in [0.5, 0.6) is 0 Å². The highest BCUT2D eigenvalue weighted by atomic mass is 19.3. The molecule has 0 aliphatic carbocycles. The largest absolute Gasteiger partial charge is 0.415 e. The topological polar surface area (TPSA) is 94.6 Å². The lowest BCUT2D eigenvalue weighted by Gasteiger charge is -2.23. The number of rotatable bonds is 6. The number of nitrogens with one attached hydrogen (secondary N) is 1. The van der Waals surface area contributed by atoms with Crippen LogP contribution < -0.4 is 5.32 Å². The Hall–Kier alpha value is -3.53. The van der Waals surface area contributed by atoms with Crippen LogP contribution >= 0.6 is 0 Å². The standard InChI is InChI=1S/C22H21F2N7O/c23-20(24)22-29-28-21(32-22)17-4-5-18(26-11-17)12-31-13-19(27-30-31)16-3-1-2-15(10-16)14-6-8-25-9-7-14/h1-5,10-11,13-14,20,25H,6-9,12H2. The predicted molar refractivity (Wildman–Crippen MR) is 112 cm³/mol.